The van der Waals surface area contributed by atoms with E-state index in [1.54, 1.807) is 12.1 Å². The van der Waals surface area contributed by atoms with Crippen LogP contribution in [0.3, 0.4) is 0 Å². The molecule has 0 aliphatic carbocycles. The molecule has 1 aliphatic heterocycles. The van der Waals surface area contributed by atoms with E-state index in [2.05, 4.69) is 26.5 Å². The van der Waals surface area contributed by atoms with E-state index in [-0.39, 0.29) is 24.8 Å². The molecule has 0 unspecified atom stereocenters. The maximum atomic E-state index is 11.9. The number of carbonyl (C=O) groups is 1. The summed E-state index contributed by atoms with van der Waals surface area (Å²) in [5.74, 6) is 0.926. The summed E-state index contributed by atoms with van der Waals surface area (Å²) in [6.45, 7) is 0.175. The van der Waals surface area contributed by atoms with Crippen molar-refractivity contribution in [3.8, 4) is 11.5 Å². The highest BCUT2D eigenvalue weighted by atomic mass is 79.9. The molecule has 128 valence electrons. The second-order valence-corrected chi connectivity index (χ2v) is 5.97. The number of halogens is 1. The normalized spacial score (nSPS) is 12.4. The number of amides is 1. The van der Waals surface area contributed by atoms with Gasteiger partial charge in [0, 0.05) is 22.2 Å². The molecule has 0 aromatic heterocycles. The standard InChI is InChI=1S/C16H12BrN3O5/c17-13-7-15-14(24-9-25-15)6-11(13)8-18-19-16(21)5-10-1-3-12(4-2-10)20(22)23/h1-4,6-8H,5,9H2,(H,19,21). The lowest BCUT2D eigenvalue weighted by Crippen LogP contribution is -2.19. The number of hydrazone groups is 1. The molecule has 1 heterocycles. The average molecular weight is 406 g/mol. The molecule has 2 aromatic carbocycles. The van der Waals surface area contributed by atoms with Crippen LogP contribution in [0.1, 0.15) is 11.1 Å². The first-order chi connectivity index (χ1) is 12.0. The molecular formula is C16H12BrN3O5. The molecular weight excluding hydrogens is 394 g/mol. The van der Waals surface area contributed by atoms with Crippen molar-refractivity contribution in [2.75, 3.05) is 6.79 Å². The summed E-state index contributed by atoms with van der Waals surface area (Å²) in [6, 6.07) is 9.30. The highest BCUT2D eigenvalue weighted by Gasteiger charge is 2.15. The first kappa shape index (κ1) is 16.9. The van der Waals surface area contributed by atoms with Crippen molar-refractivity contribution in [3.05, 3.63) is 62.1 Å². The van der Waals surface area contributed by atoms with Crippen LogP contribution in [0.5, 0.6) is 11.5 Å². The van der Waals surface area contributed by atoms with Gasteiger partial charge in [-0.2, -0.15) is 5.10 Å². The van der Waals surface area contributed by atoms with E-state index >= 15 is 0 Å². The second-order valence-electron chi connectivity index (χ2n) is 5.12. The maximum Gasteiger partial charge on any atom is 0.269 e. The van der Waals surface area contributed by atoms with Crippen molar-refractivity contribution < 1.29 is 19.2 Å². The van der Waals surface area contributed by atoms with Gasteiger partial charge in [0.05, 0.1) is 17.6 Å². The van der Waals surface area contributed by atoms with Crippen molar-refractivity contribution in [1.82, 2.24) is 5.43 Å². The summed E-state index contributed by atoms with van der Waals surface area (Å²) >= 11 is 3.39. The largest absolute Gasteiger partial charge is 0.454 e. The van der Waals surface area contributed by atoms with Gasteiger partial charge in [-0.05, 0) is 33.6 Å². The van der Waals surface area contributed by atoms with Gasteiger partial charge >= 0.3 is 0 Å². The number of nitro benzene ring substituents is 1. The number of rotatable bonds is 5. The fraction of sp³-hybridized carbons (Fsp3) is 0.125. The molecule has 1 amide bonds. The number of fused-ring (bicyclic) bond motifs is 1. The third-order valence-electron chi connectivity index (χ3n) is 3.40. The third-order valence-corrected chi connectivity index (χ3v) is 4.08. The Kier molecular flexibility index (Phi) is 4.94. The van der Waals surface area contributed by atoms with E-state index in [4.69, 9.17) is 9.47 Å². The number of carbonyl (C=O) groups excluding carboxylic acids is 1. The molecule has 0 fully saturated rings. The van der Waals surface area contributed by atoms with Crippen molar-refractivity contribution in [2.45, 2.75) is 6.42 Å². The average Bonchev–Trinajstić information content (AvgIpc) is 3.02. The SMILES string of the molecule is O=C(Cc1ccc([N+](=O)[O-])cc1)NN=Cc1cc2c(cc1Br)OCO2. The Morgan fingerprint density at radius 3 is 2.64 bits per heavy atom. The molecule has 8 nitrogen and oxygen atoms in total. The van der Waals surface area contributed by atoms with Crippen molar-refractivity contribution in [3.63, 3.8) is 0 Å². The zero-order valence-electron chi connectivity index (χ0n) is 12.8. The summed E-state index contributed by atoms with van der Waals surface area (Å²) in [6.07, 6.45) is 1.55. The van der Waals surface area contributed by atoms with Gasteiger partial charge in [0.15, 0.2) is 11.5 Å². The van der Waals surface area contributed by atoms with Crippen LogP contribution >= 0.6 is 15.9 Å². The van der Waals surface area contributed by atoms with E-state index in [0.717, 1.165) is 10.0 Å². The molecule has 0 radical (unpaired) electrons. The van der Waals surface area contributed by atoms with Gasteiger partial charge in [-0.15, -0.1) is 0 Å². The molecule has 0 saturated heterocycles. The van der Waals surface area contributed by atoms with Gasteiger partial charge in [-0.25, -0.2) is 5.43 Å². The summed E-state index contributed by atoms with van der Waals surface area (Å²) < 4.78 is 11.3. The lowest BCUT2D eigenvalue weighted by molar-refractivity contribution is -0.384. The van der Waals surface area contributed by atoms with E-state index in [9.17, 15) is 14.9 Å². The quantitative estimate of drug-likeness (QED) is 0.467. The fourth-order valence-corrected chi connectivity index (χ4v) is 2.59. The number of benzene rings is 2. The minimum absolute atomic E-state index is 0.0187. The van der Waals surface area contributed by atoms with Crippen LogP contribution in [0.2, 0.25) is 0 Å². The number of nitrogens with one attached hydrogen (secondary N) is 1. The van der Waals surface area contributed by atoms with Crippen LogP contribution < -0.4 is 14.9 Å². The third kappa shape index (κ3) is 4.13. The van der Waals surface area contributed by atoms with Gasteiger partial charge < -0.3 is 9.47 Å². The molecule has 0 saturated carbocycles. The Hall–Kier alpha value is -2.94. The predicted octanol–water partition coefficient (Wildman–Crippen LogP) is 2.78. The first-order valence-electron chi connectivity index (χ1n) is 7.17. The Morgan fingerprint density at radius 1 is 1.28 bits per heavy atom. The van der Waals surface area contributed by atoms with Crippen molar-refractivity contribution in [1.29, 1.82) is 0 Å². The lowest BCUT2D eigenvalue weighted by Gasteiger charge is -2.02. The maximum absolute atomic E-state index is 11.9. The van der Waals surface area contributed by atoms with E-state index in [0.29, 0.717) is 17.1 Å². The Labute approximate surface area is 150 Å². The summed E-state index contributed by atoms with van der Waals surface area (Å²) in [5, 5.41) is 14.5. The smallest absolute Gasteiger partial charge is 0.269 e. The van der Waals surface area contributed by atoms with Gasteiger partial charge in [0.1, 0.15) is 0 Å². The van der Waals surface area contributed by atoms with Crippen LogP contribution in [0.4, 0.5) is 5.69 Å². The summed E-state index contributed by atoms with van der Waals surface area (Å²) in [7, 11) is 0. The summed E-state index contributed by atoms with van der Waals surface area (Å²) in [5.41, 5.74) is 3.77. The molecule has 25 heavy (non-hydrogen) atoms. The molecule has 2 aromatic rings. The highest BCUT2D eigenvalue weighted by Crippen LogP contribution is 2.36. The summed E-state index contributed by atoms with van der Waals surface area (Å²) in [4.78, 5) is 22.0. The minimum Gasteiger partial charge on any atom is -0.454 e. The molecule has 0 bridgehead atoms. The van der Waals surface area contributed by atoms with E-state index < -0.39 is 4.92 Å². The van der Waals surface area contributed by atoms with Crippen LogP contribution in [-0.4, -0.2) is 23.8 Å². The molecule has 3 rings (SSSR count). The molecule has 1 N–H and O–H groups in total. The number of hydrogen-bond acceptors (Lipinski definition) is 6. The Bertz CT molecular complexity index is 852. The lowest BCUT2D eigenvalue weighted by atomic mass is 10.1. The van der Waals surface area contributed by atoms with Gasteiger partial charge in [-0.3, -0.25) is 14.9 Å². The molecule has 0 atom stereocenters. The van der Waals surface area contributed by atoms with Crippen LogP contribution in [-0.2, 0) is 11.2 Å². The predicted molar refractivity (Wildman–Crippen MR) is 92.8 cm³/mol. The Balaban J connectivity index is 1.58. The number of ether oxygens (including phenoxy) is 2. The zero-order chi connectivity index (χ0) is 17.8. The van der Waals surface area contributed by atoms with Crippen LogP contribution in [0.15, 0.2) is 46.0 Å². The van der Waals surface area contributed by atoms with Gasteiger partial charge in [0.2, 0.25) is 12.7 Å². The van der Waals surface area contributed by atoms with E-state index in [1.165, 1.54) is 30.5 Å². The van der Waals surface area contributed by atoms with Gasteiger partial charge in [-0.1, -0.05) is 12.1 Å². The highest BCUT2D eigenvalue weighted by molar-refractivity contribution is 9.10. The number of nitro groups is 1. The van der Waals surface area contributed by atoms with E-state index in [1.807, 2.05) is 0 Å². The van der Waals surface area contributed by atoms with Crippen molar-refractivity contribution >= 4 is 33.7 Å². The fourth-order valence-electron chi connectivity index (χ4n) is 2.17. The minimum atomic E-state index is -0.489. The molecule has 1 aliphatic rings. The topological polar surface area (TPSA) is 103 Å². The van der Waals surface area contributed by atoms with Crippen LogP contribution in [0, 0.1) is 10.1 Å². The zero-order valence-corrected chi connectivity index (χ0v) is 14.4. The first-order valence-corrected chi connectivity index (χ1v) is 7.96. The molecule has 0 spiro atoms. The number of hydrogen-bond donors (Lipinski definition) is 1. The Morgan fingerprint density at radius 2 is 1.96 bits per heavy atom. The monoisotopic (exact) mass is 405 g/mol. The number of nitrogens with zero attached hydrogens (tertiary/aromatic N) is 2. The van der Waals surface area contributed by atoms with Crippen molar-refractivity contribution in [2.24, 2.45) is 5.10 Å². The molecule has 9 heteroatoms. The van der Waals surface area contributed by atoms with Crippen LogP contribution in [0.25, 0.3) is 0 Å². The van der Waals surface area contributed by atoms with Gasteiger partial charge in [0.25, 0.3) is 5.69 Å². The second kappa shape index (κ2) is 7.31. The number of non-ortho nitro benzene ring substituents is 1.